The molecule has 0 bridgehead atoms. The predicted octanol–water partition coefficient (Wildman–Crippen LogP) is 13.4. The molecule has 4 heteroatoms. The quantitative estimate of drug-likeness (QED) is 0.135. The molecule has 8 aromatic rings. The van der Waals surface area contributed by atoms with E-state index in [0.717, 1.165) is 67.8 Å². The predicted molar refractivity (Wildman–Crippen MR) is 228 cm³/mol. The number of hydrogen-bond acceptors (Lipinski definition) is 4. The van der Waals surface area contributed by atoms with Crippen molar-refractivity contribution >= 4 is 58.4 Å². The molecule has 0 aliphatic rings. The molecule has 0 radical (unpaired) electrons. The number of para-hydroxylation sites is 4. The monoisotopic (exact) mass is 694 g/mol. The number of pyridine rings is 2. The molecule has 8 rings (SSSR count). The van der Waals surface area contributed by atoms with Crippen molar-refractivity contribution in [3.05, 3.63) is 229 Å². The van der Waals surface area contributed by atoms with Gasteiger partial charge in [-0.15, -0.1) is 0 Å². The minimum absolute atomic E-state index is 0.823. The van der Waals surface area contributed by atoms with Crippen molar-refractivity contribution in [1.82, 2.24) is 9.97 Å². The number of aromatic nitrogens is 2. The Labute approximate surface area is 317 Å². The Morgan fingerprint density at radius 3 is 0.907 bits per heavy atom. The molecular weight excluding hydrogens is 657 g/mol. The minimum Gasteiger partial charge on any atom is -0.310 e. The Morgan fingerprint density at radius 1 is 0.278 bits per heavy atom. The summed E-state index contributed by atoms with van der Waals surface area (Å²) in [6, 6.07) is 67.3. The van der Waals surface area contributed by atoms with E-state index in [9.17, 15) is 0 Å². The maximum absolute atomic E-state index is 4.68. The third-order valence-corrected chi connectivity index (χ3v) is 9.08. The fourth-order valence-corrected chi connectivity index (χ4v) is 6.50. The topological polar surface area (TPSA) is 32.3 Å². The summed E-state index contributed by atoms with van der Waals surface area (Å²) in [5.41, 5.74) is 12.6. The van der Waals surface area contributed by atoms with Crippen LogP contribution in [0.5, 0.6) is 0 Å². The van der Waals surface area contributed by atoms with E-state index in [2.05, 4.69) is 202 Å². The molecule has 0 amide bonds. The van der Waals surface area contributed by atoms with Crippen molar-refractivity contribution in [3.63, 3.8) is 0 Å². The summed E-state index contributed by atoms with van der Waals surface area (Å²) in [6.45, 7) is 0. The molecule has 0 saturated heterocycles. The van der Waals surface area contributed by atoms with E-state index in [4.69, 9.17) is 0 Å². The Hall–Kier alpha value is -7.30. The van der Waals surface area contributed by atoms with Gasteiger partial charge in [0.2, 0.25) is 0 Å². The summed E-state index contributed by atoms with van der Waals surface area (Å²) < 4.78 is 0. The van der Waals surface area contributed by atoms with E-state index < -0.39 is 0 Å². The normalized spacial score (nSPS) is 11.2. The minimum atomic E-state index is 0.823. The zero-order chi connectivity index (χ0) is 36.4. The fraction of sp³-hybridized carbons (Fsp3) is 0. The Bertz CT molecular complexity index is 2240. The number of rotatable bonds is 11. The first-order chi connectivity index (χ1) is 26.8. The molecule has 258 valence electrons. The Kier molecular flexibility index (Phi) is 10.2. The van der Waals surface area contributed by atoms with Crippen LogP contribution < -0.4 is 9.80 Å². The molecule has 0 saturated carbocycles. The number of benzene rings is 6. The maximum atomic E-state index is 4.68. The van der Waals surface area contributed by atoms with Gasteiger partial charge in [-0.3, -0.25) is 9.97 Å². The van der Waals surface area contributed by atoms with Gasteiger partial charge < -0.3 is 9.80 Å². The summed E-state index contributed by atoms with van der Waals surface area (Å²) in [7, 11) is 0. The van der Waals surface area contributed by atoms with Crippen LogP contribution in [0.1, 0.15) is 22.3 Å². The lowest BCUT2D eigenvalue weighted by Gasteiger charge is -2.25. The molecule has 54 heavy (non-hydrogen) atoms. The fourth-order valence-electron chi connectivity index (χ4n) is 6.50. The molecule has 2 heterocycles. The number of nitrogens with zero attached hydrogens (tertiary/aromatic N) is 4. The van der Waals surface area contributed by atoms with Crippen LogP contribution in [0.25, 0.3) is 35.7 Å². The van der Waals surface area contributed by atoms with Gasteiger partial charge in [-0.05, 0) is 119 Å². The molecule has 0 spiro atoms. The number of hydrogen-bond donors (Lipinski definition) is 0. The van der Waals surface area contributed by atoms with E-state index in [-0.39, 0.29) is 0 Å². The third-order valence-electron chi connectivity index (χ3n) is 9.08. The largest absolute Gasteiger partial charge is 0.310 e. The van der Waals surface area contributed by atoms with Crippen molar-refractivity contribution in [1.29, 1.82) is 0 Å². The van der Waals surface area contributed by atoms with Crippen molar-refractivity contribution in [2.24, 2.45) is 0 Å². The molecular formula is C50H38N4. The van der Waals surface area contributed by atoms with Crippen LogP contribution >= 0.6 is 0 Å². The standard InChI is InChI=1S/C50H38N4/c1-5-17-43(18-6-1)53(44-19-7-2-8-20-44)47-25-13-15-39(35-47)27-29-41-31-33-51-49(37-41)50-38-42(32-34-52-50)30-28-40-16-14-26-48(36-40)54(45-21-9-3-10-22-45)46-23-11-4-12-24-46/h1-38H/b29-27+,30-28+. The summed E-state index contributed by atoms with van der Waals surface area (Å²) in [6.07, 6.45) is 12.2. The molecule has 4 nitrogen and oxygen atoms in total. The van der Waals surface area contributed by atoms with Crippen molar-refractivity contribution in [3.8, 4) is 11.4 Å². The second kappa shape index (κ2) is 16.4. The van der Waals surface area contributed by atoms with Crippen LogP contribution in [-0.4, -0.2) is 9.97 Å². The van der Waals surface area contributed by atoms with E-state index >= 15 is 0 Å². The highest BCUT2D eigenvalue weighted by Crippen LogP contribution is 2.36. The van der Waals surface area contributed by atoms with Crippen LogP contribution in [0.3, 0.4) is 0 Å². The average Bonchev–Trinajstić information content (AvgIpc) is 3.25. The van der Waals surface area contributed by atoms with E-state index in [1.54, 1.807) is 0 Å². The van der Waals surface area contributed by atoms with Crippen molar-refractivity contribution in [2.45, 2.75) is 0 Å². The van der Waals surface area contributed by atoms with Crippen LogP contribution in [0, 0.1) is 0 Å². The average molecular weight is 695 g/mol. The lowest BCUT2D eigenvalue weighted by atomic mass is 10.1. The summed E-state index contributed by atoms with van der Waals surface area (Å²) >= 11 is 0. The first kappa shape index (κ1) is 33.8. The van der Waals surface area contributed by atoms with Gasteiger partial charge in [0.1, 0.15) is 0 Å². The SMILES string of the molecule is C(=C\c1ccnc(-c2cc(/C=C/c3cccc(N(c4ccccc4)c4ccccc4)c3)ccn2)c1)/c1cccc(N(c2ccccc2)c2ccccc2)c1. The van der Waals surface area contributed by atoms with Crippen LogP contribution in [0.2, 0.25) is 0 Å². The van der Waals surface area contributed by atoms with Gasteiger partial charge in [0.05, 0.1) is 11.4 Å². The van der Waals surface area contributed by atoms with Gasteiger partial charge in [0.25, 0.3) is 0 Å². The third kappa shape index (κ3) is 8.09. The van der Waals surface area contributed by atoms with E-state index in [1.807, 2.05) is 48.8 Å². The summed E-state index contributed by atoms with van der Waals surface area (Å²) in [5, 5.41) is 0. The van der Waals surface area contributed by atoms with Crippen molar-refractivity contribution < 1.29 is 0 Å². The second-order valence-electron chi connectivity index (χ2n) is 12.8. The van der Waals surface area contributed by atoms with E-state index in [1.165, 1.54) is 0 Å². The molecule has 0 atom stereocenters. The molecule has 2 aromatic heterocycles. The highest BCUT2D eigenvalue weighted by Gasteiger charge is 2.13. The zero-order valence-corrected chi connectivity index (χ0v) is 29.7. The second-order valence-corrected chi connectivity index (χ2v) is 12.8. The van der Waals surface area contributed by atoms with Gasteiger partial charge in [-0.2, -0.15) is 0 Å². The van der Waals surface area contributed by atoms with Crippen LogP contribution in [0.15, 0.2) is 207 Å². The van der Waals surface area contributed by atoms with Gasteiger partial charge in [-0.25, -0.2) is 0 Å². The first-order valence-electron chi connectivity index (χ1n) is 18.1. The lowest BCUT2D eigenvalue weighted by Crippen LogP contribution is -2.09. The highest BCUT2D eigenvalue weighted by atomic mass is 15.1. The summed E-state index contributed by atoms with van der Waals surface area (Å²) in [5.74, 6) is 0. The lowest BCUT2D eigenvalue weighted by molar-refractivity contribution is 1.24. The van der Waals surface area contributed by atoms with E-state index in [0.29, 0.717) is 0 Å². The molecule has 0 aliphatic heterocycles. The van der Waals surface area contributed by atoms with Crippen LogP contribution in [-0.2, 0) is 0 Å². The molecule has 6 aromatic carbocycles. The van der Waals surface area contributed by atoms with Crippen molar-refractivity contribution in [2.75, 3.05) is 9.80 Å². The molecule has 0 N–H and O–H groups in total. The van der Waals surface area contributed by atoms with Gasteiger partial charge in [0.15, 0.2) is 0 Å². The Balaban J connectivity index is 1.01. The maximum Gasteiger partial charge on any atom is 0.0892 e. The van der Waals surface area contributed by atoms with Gasteiger partial charge in [-0.1, -0.05) is 121 Å². The van der Waals surface area contributed by atoms with Gasteiger partial charge in [0, 0.05) is 46.5 Å². The molecule has 0 unspecified atom stereocenters. The zero-order valence-electron chi connectivity index (χ0n) is 29.7. The smallest absolute Gasteiger partial charge is 0.0892 e. The highest BCUT2D eigenvalue weighted by molar-refractivity contribution is 5.81. The molecule has 0 fully saturated rings. The summed E-state index contributed by atoms with van der Waals surface area (Å²) in [4.78, 5) is 13.9. The first-order valence-corrected chi connectivity index (χ1v) is 18.1. The Morgan fingerprint density at radius 2 is 0.574 bits per heavy atom. The van der Waals surface area contributed by atoms with Crippen LogP contribution in [0.4, 0.5) is 34.1 Å². The van der Waals surface area contributed by atoms with Gasteiger partial charge >= 0.3 is 0 Å². The molecule has 0 aliphatic carbocycles. The number of anilines is 6.